The summed E-state index contributed by atoms with van der Waals surface area (Å²) in [6.45, 7) is 4.18. The van der Waals surface area contributed by atoms with E-state index >= 15 is 0 Å². The van der Waals surface area contributed by atoms with Gasteiger partial charge < -0.3 is 15.0 Å². The smallest absolute Gasteiger partial charge is 0.257 e. The average Bonchev–Trinajstić information content (AvgIpc) is 2.81. The van der Waals surface area contributed by atoms with E-state index in [-0.39, 0.29) is 16.8 Å². The van der Waals surface area contributed by atoms with Crippen LogP contribution >= 0.6 is 23.4 Å². The molecular formula is C27H26ClN3O3S. The molecule has 2 aromatic carbocycles. The second-order valence-electron chi connectivity index (χ2n) is 9.68. The number of Topliss-reactive ketones (excluding diaryl/α,β-unsaturated/α-hetero) is 1. The van der Waals surface area contributed by atoms with Crippen molar-refractivity contribution < 1.29 is 9.53 Å². The number of nitrogens with zero attached hydrogens (tertiary/aromatic N) is 1. The fourth-order valence-electron chi connectivity index (χ4n) is 4.85. The van der Waals surface area contributed by atoms with Crippen molar-refractivity contribution >= 4 is 35.0 Å². The number of carbonyl (C=O) groups is 1. The van der Waals surface area contributed by atoms with Gasteiger partial charge in [-0.25, -0.2) is 4.98 Å². The Labute approximate surface area is 213 Å². The number of thioether (sulfide) groups is 1. The van der Waals surface area contributed by atoms with Crippen molar-refractivity contribution in [3.8, 4) is 5.75 Å². The molecule has 8 heteroatoms. The predicted molar refractivity (Wildman–Crippen MR) is 139 cm³/mol. The van der Waals surface area contributed by atoms with Crippen LogP contribution in [0.25, 0.3) is 0 Å². The number of halogens is 1. The maximum atomic E-state index is 13.4. The van der Waals surface area contributed by atoms with Crippen LogP contribution in [0.5, 0.6) is 5.75 Å². The number of nitrogens with one attached hydrogen (secondary N) is 2. The normalized spacial score (nSPS) is 18.5. The average molecular weight is 508 g/mol. The number of benzene rings is 2. The van der Waals surface area contributed by atoms with Gasteiger partial charge in [0.1, 0.15) is 11.6 Å². The van der Waals surface area contributed by atoms with Crippen molar-refractivity contribution in [3.63, 3.8) is 0 Å². The molecule has 1 aliphatic carbocycles. The van der Waals surface area contributed by atoms with Gasteiger partial charge in [0.15, 0.2) is 10.9 Å². The van der Waals surface area contributed by atoms with Crippen molar-refractivity contribution in [2.24, 2.45) is 5.41 Å². The molecule has 0 bridgehead atoms. The minimum atomic E-state index is -0.491. The Hall–Kier alpha value is -3.03. The first-order valence-corrected chi connectivity index (χ1v) is 12.8. The number of allylic oxidation sites excluding steroid dienone is 2. The van der Waals surface area contributed by atoms with Gasteiger partial charge in [-0.05, 0) is 41.2 Å². The van der Waals surface area contributed by atoms with Gasteiger partial charge >= 0.3 is 0 Å². The molecular weight excluding hydrogens is 482 g/mol. The Morgan fingerprint density at radius 1 is 1.11 bits per heavy atom. The van der Waals surface area contributed by atoms with Gasteiger partial charge in [0.05, 0.1) is 12.7 Å². The molecule has 6 nitrogen and oxygen atoms in total. The highest BCUT2D eigenvalue weighted by atomic mass is 35.5. The van der Waals surface area contributed by atoms with E-state index in [0.717, 1.165) is 16.8 Å². The van der Waals surface area contributed by atoms with Crippen LogP contribution in [0.4, 0.5) is 5.82 Å². The summed E-state index contributed by atoms with van der Waals surface area (Å²) in [5.74, 6) is 1.36. The lowest BCUT2D eigenvalue weighted by molar-refractivity contribution is -0.118. The van der Waals surface area contributed by atoms with Crippen LogP contribution in [0.2, 0.25) is 5.02 Å². The first kappa shape index (κ1) is 23.7. The zero-order valence-electron chi connectivity index (χ0n) is 19.8. The Morgan fingerprint density at radius 3 is 2.57 bits per heavy atom. The number of ketones is 1. The second-order valence-corrected chi connectivity index (χ2v) is 11.0. The highest BCUT2D eigenvalue weighted by Crippen LogP contribution is 2.47. The molecule has 3 aromatic rings. The summed E-state index contributed by atoms with van der Waals surface area (Å²) < 4.78 is 5.31. The first-order chi connectivity index (χ1) is 16.8. The number of H-pyrrole nitrogens is 1. The molecule has 1 aromatic heterocycles. The van der Waals surface area contributed by atoms with E-state index in [0.29, 0.717) is 51.5 Å². The lowest BCUT2D eigenvalue weighted by Gasteiger charge is -2.38. The van der Waals surface area contributed by atoms with E-state index in [1.165, 1.54) is 11.8 Å². The van der Waals surface area contributed by atoms with Crippen molar-refractivity contribution in [2.45, 2.75) is 43.5 Å². The number of hydrogen-bond donors (Lipinski definition) is 2. The molecule has 0 saturated carbocycles. The largest absolute Gasteiger partial charge is 0.497 e. The summed E-state index contributed by atoms with van der Waals surface area (Å²) in [7, 11) is 1.61. The van der Waals surface area contributed by atoms with Crippen molar-refractivity contribution in [1.29, 1.82) is 0 Å². The maximum absolute atomic E-state index is 13.4. The summed E-state index contributed by atoms with van der Waals surface area (Å²) in [4.78, 5) is 34.5. The van der Waals surface area contributed by atoms with Gasteiger partial charge in [-0.2, -0.15) is 0 Å². The summed E-state index contributed by atoms with van der Waals surface area (Å²) in [5.41, 5.74) is 3.36. The summed E-state index contributed by atoms with van der Waals surface area (Å²) >= 11 is 7.71. The minimum Gasteiger partial charge on any atom is -0.497 e. The van der Waals surface area contributed by atoms with Crippen LogP contribution < -0.4 is 15.6 Å². The topological polar surface area (TPSA) is 84.1 Å². The van der Waals surface area contributed by atoms with Gasteiger partial charge in [0.25, 0.3) is 5.56 Å². The number of fused-ring (bicyclic) bond motifs is 1. The number of carbonyl (C=O) groups excluding carboxylic acids is 1. The minimum absolute atomic E-state index is 0.0618. The monoisotopic (exact) mass is 507 g/mol. The lowest BCUT2D eigenvalue weighted by atomic mass is 9.69. The molecule has 0 spiro atoms. The van der Waals surface area contributed by atoms with Gasteiger partial charge in [-0.3, -0.25) is 9.59 Å². The van der Waals surface area contributed by atoms with E-state index in [4.69, 9.17) is 21.3 Å². The van der Waals surface area contributed by atoms with E-state index in [2.05, 4.69) is 24.1 Å². The molecule has 2 aliphatic rings. The summed E-state index contributed by atoms with van der Waals surface area (Å²) in [6.07, 6.45) is 1.14. The number of ether oxygens (including phenoxy) is 1. The van der Waals surface area contributed by atoms with E-state index < -0.39 is 5.92 Å². The van der Waals surface area contributed by atoms with Crippen LogP contribution in [-0.4, -0.2) is 22.9 Å². The fraction of sp³-hybridized carbons (Fsp3) is 0.296. The molecule has 0 radical (unpaired) electrons. The predicted octanol–water partition coefficient (Wildman–Crippen LogP) is 5.92. The zero-order chi connectivity index (χ0) is 24.7. The van der Waals surface area contributed by atoms with Crippen LogP contribution in [-0.2, 0) is 10.5 Å². The SMILES string of the molecule is COc1ccc([C@@H]2C3=C(CC(C)(C)CC3=O)Nc3nc(SCc4ccccc4Cl)[nH]c(=O)c32)cc1. The highest BCUT2D eigenvalue weighted by molar-refractivity contribution is 7.98. The molecule has 5 rings (SSSR count). The van der Waals surface area contributed by atoms with Crippen molar-refractivity contribution in [3.05, 3.63) is 91.9 Å². The van der Waals surface area contributed by atoms with Crippen LogP contribution in [0.3, 0.4) is 0 Å². The van der Waals surface area contributed by atoms with Crippen LogP contribution in [0, 0.1) is 5.41 Å². The number of methoxy groups -OCH3 is 1. The molecule has 0 unspecified atom stereocenters. The quantitative estimate of drug-likeness (QED) is 0.329. The molecule has 1 atom stereocenters. The molecule has 180 valence electrons. The molecule has 2 N–H and O–H groups in total. The molecule has 1 aliphatic heterocycles. The summed E-state index contributed by atoms with van der Waals surface area (Å²) in [6, 6.07) is 15.1. The van der Waals surface area contributed by atoms with Gasteiger partial charge in [-0.15, -0.1) is 0 Å². The first-order valence-electron chi connectivity index (χ1n) is 11.4. The molecule has 35 heavy (non-hydrogen) atoms. The number of hydrogen-bond acceptors (Lipinski definition) is 6. The number of aromatic nitrogens is 2. The van der Waals surface area contributed by atoms with E-state index in [1.54, 1.807) is 7.11 Å². The Morgan fingerprint density at radius 2 is 1.86 bits per heavy atom. The number of anilines is 1. The maximum Gasteiger partial charge on any atom is 0.257 e. The van der Waals surface area contributed by atoms with Crippen molar-refractivity contribution in [1.82, 2.24) is 9.97 Å². The Bertz CT molecular complexity index is 1400. The fourth-order valence-corrected chi connectivity index (χ4v) is 6.00. The number of rotatable bonds is 5. The standard InChI is InChI=1S/C27H26ClN3O3S/c1-27(2)12-19-22(20(32)13-27)21(15-8-10-17(34-3)11-9-15)23-24(29-19)30-26(31-25(23)33)35-14-16-6-4-5-7-18(16)28/h4-11,21H,12-14H2,1-3H3,(H2,29,30,31,33)/t21-/m1/s1. The molecule has 0 fully saturated rings. The third kappa shape index (κ3) is 4.62. The van der Waals surface area contributed by atoms with Gasteiger partial charge in [0, 0.05) is 34.4 Å². The Balaban J connectivity index is 1.58. The second kappa shape index (κ2) is 9.21. The lowest BCUT2D eigenvalue weighted by Crippen LogP contribution is -2.37. The third-order valence-corrected chi connectivity index (χ3v) is 7.76. The molecule has 0 amide bonds. The summed E-state index contributed by atoms with van der Waals surface area (Å²) in [5, 5.41) is 4.54. The van der Waals surface area contributed by atoms with Crippen molar-refractivity contribution in [2.75, 3.05) is 12.4 Å². The highest BCUT2D eigenvalue weighted by Gasteiger charge is 2.42. The van der Waals surface area contributed by atoms with E-state index in [9.17, 15) is 9.59 Å². The van der Waals surface area contributed by atoms with Crippen LogP contribution in [0.15, 0.2) is 69.8 Å². The third-order valence-electron chi connectivity index (χ3n) is 6.47. The van der Waals surface area contributed by atoms with Gasteiger partial charge in [0.2, 0.25) is 0 Å². The Kier molecular flexibility index (Phi) is 6.23. The zero-order valence-corrected chi connectivity index (χ0v) is 21.3. The van der Waals surface area contributed by atoms with E-state index in [1.807, 2.05) is 48.5 Å². The number of aromatic amines is 1. The molecule has 2 heterocycles. The molecule has 0 saturated heterocycles. The van der Waals surface area contributed by atoms with Gasteiger partial charge in [-0.1, -0.05) is 67.5 Å². The van der Waals surface area contributed by atoms with Crippen LogP contribution in [0.1, 0.15) is 49.3 Å².